The first-order valence-corrected chi connectivity index (χ1v) is 13.1. The lowest BCUT2D eigenvalue weighted by atomic mass is 9.85. The molecular formula is C27H40N4O4. The molecule has 4 atom stereocenters. The van der Waals surface area contributed by atoms with E-state index < -0.39 is 17.9 Å². The molecule has 35 heavy (non-hydrogen) atoms. The summed E-state index contributed by atoms with van der Waals surface area (Å²) in [5, 5.41) is 0. The monoisotopic (exact) mass is 484 g/mol. The first-order valence-electron chi connectivity index (χ1n) is 13.1. The van der Waals surface area contributed by atoms with E-state index in [2.05, 4.69) is 37.5 Å². The van der Waals surface area contributed by atoms with Crippen molar-refractivity contribution < 1.29 is 19.1 Å². The van der Waals surface area contributed by atoms with Crippen LogP contribution in [0.1, 0.15) is 62.4 Å². The number of carbonyl (C=O) groups excluding carboxylic acids is 3. The summed E-state index contributed by atoms with van der Waals surface area (Å²) in [5.74, 6) is -0.836. The lowest BCUT2D eigenvalue weighted by Gasteiger charge is -2.36. The van der Waals surface area contributed by atoms with Gasteiger partial charge < -0.3 is 25.2 Å². The minimum absolute atomic E-state index is 0.0275. The first kappa shape index (κ1) is 25.6. The number of nitrogens with zero attached hydrogens (tertiary/aromatic N) is 3. The maximum absolute atomic E-state index is 14.1. The number of nitrogens with two attached hydrogens (primary N) is 1. The molecule has 2 N–H and O–H groups in total. The van der Waals surface area contributed by atoms with Gasteiger partial charge in [0.05, 0.1) is 12.0 Å². The Balaban J connectivity index is 1.69. The number of benzene rings is 1. The lowest BCUT2D eigenvalue weighted by Crippen LogP contribution is -2.46. The van der Waals surface area contributed by atoms with Crippen molar-refractivity contribution in [2.75, 3.05) is 50.8 Å². The number of carbonyl (C=O) groups is 3. The van der Waals surface area contributed by atoms with Gasteiger partial charge in [-0.25, -0.2) is 0 Å². The number of anilines is 1. The maximum Gasteiger partial charge on any atom is 0.249 e. The van der Waals surface area contributed by atoms with Crippen LogP contribution in [0.15, 0.2) is 18.2 Å². The van der Waals surface area contributed by atoms with Crippen LogP contribution in [-0.4, -0.2) is 85.4 Å². The molecule has 0 radical (unpaired) electrons. The van der Waals surface area contributed by atoms with E-state index in [-0.39, 0.29) is 36.2 Å². The Morgan fingerprint density at radius 3 is 2.46 bits per heavy atom. The number of hydrogen-bond donors (Lipinski definition) is 1. The summed E-state index contributed by atoms with van der Waals surface area (Å²) >= 11 is 0. The highest BCUT2D eigenvalue weighted by Crippen LogP contribution is 2.38. The predicted octanol–water partition coefficient (Wildman–Crippen LogP) is 2.26. The topological polar surface area (TPSA) is 96.2 Å². The molecule has 0 spiro atoms. The SMILES string of the molecule is CC[C@@H]1CN(C(=O)[C@@H](CC(C)C)c2cc(N3CCN(CC)CC3)ccc2C(N)=O)[C@@H]2C(=O)CO[C@H]12. The number of rotatable bonds is 8. The molecule has 3 aliphatic heterocycles. The van der Waals surface area contributed by atoms with Crippen LogP contribution in [0.3, 0.4) is 0 Å². The van der Waals surface area contributed by atoms with Crippen molar-refractivity contribution >= 4 is 23.3 Å². The molecule has 4 rings (SSSR count). The molecule has 0 saturated carbocycles. The Bertz CT molecular complexity index is 956. The summed E-state index contributed by atoms with van der Waals surface area (Å²) < 4.78 is 5.79. The lowest BCUT2D eigenvalue weighted by molar-refractivity contribution is -0.138. The number of piperazine rings is 1. The Morgan fingerprint density at radius 1 is 1.14 bits per heavy atom. The standard InChI is InChI=1S/C27H40N4O4/c1-5-18-15-31(24-23(32)16-35-25(18)24)27(34)22(13-17(3)4)21-14-19(7-8-20(21)26(28)33)30-11-9-29(6-2)10-12-30/h7-8,14,17-18,22,24-25H,5-6,9-13,15-16H2,1-4H3,(H2,28,33)/t18-,22+,24-,25-/m1/s1. The summed E-state index contributed by atoms with van der Waals surface area (Å²) in [4.78, 5) is 45.7. The number of likely N-dealkylation sites (N-methyl/N-ethyl adjacent to an activating group) is 1. The van der Waals surface area contributed by atoms with E-state index in [1.54, 1.807) is 11.0 Å². The van der Waals surface area contributed by atoms with Gasteiger partial charge in [0.1, 0.15) is 12.6 Å². The van der Waals surface area contributed by atoms with E-state index in [9.17, 15) is 14.4 Å². The minimum Gasteiger partial charge on any atom is -0.369 e. The van der Waals surface area contributed by atoms with Gasteiger partial charge in [-0.05, 0) is 49.1 Å². The second kappa shape index (κ2) is 10.7. The second-order valence-corrected chi connectivity index (χ2v) is 10.6. The summed E-state index contributed by atoms with van der Waals surface area (Å²) in [7, 11) is 0. The van der Waals surface area contributed by atoms with Crippen molar-refractivity contribution in [1.82, 2.24) is 9.80 Å². The van der Waals surface area contributed by atoms with Crippen LogP contribution >= 0.6 is 0 Å². The maximum atomic E-state index is 14.1. The smallest absolute Gasteiger partial charge is 0.249 e. The number of likely N-dealkylation sites (tertiary alicyclic amines) is 1. The number of hydrogen-bond acceptors (Lipinski definition) is 6. The zero-order valence-electron chi connectivity index (χ0n) is 21.5. The molecule has 2 amide bonds. The highest BCUT2D eigenvalue weighted by molar-refractivity contribution is 5.99. The summed E-state index contributed by atoms with van der Waals surface area (Å²) in [5.41, 5.74) is 7.86. The highest BCUT2D eigenvalue weighted by atomic mass is 16.5. The van der Waals surface area contributed by atoms with Gasteiger partial charge in [-0.2, -0.15) is 0 Å². The van der Waals surface area contributed by atoms with Crippen molar-refractivity contribution in [1.29, 1.82) is 0 Å². The average molecular weight is 485 g/mol. The largest absolute Gasteiger partial charge is 0.369 e. The normalized spacial score (nSPS) is 25.9. The fraction of sp³-hybridized carbons (Fsp3) is 0.667. The summed E-state index contributed by atoms with van der Waals surface area (Å²) in [6, 6.07) is 5.18. The van der Waals surface area contributed by atoms with Crippen LogP contribution < -0.4 is 10.6 Å². The molecule has 192 valence electrons. The third kappa shape index (κ3) is 5.09. The van der Waals surface area contributed by atoms with E-state index in [1.807, 2.05) is 12.1 Å². The van der Waals surface area contributed by atoms with Crippen molar-refractivity contribution in [3.05, 3.63) is 29.3 Å². The van der Waals surface area contributed by atoms with E-state index in [4.69, 9.17) is 10.5 Å². The number of primary amides is 1. The highest BCUT2D eigenvalue weighted by Gasteiger charge is 2.52. The van der Waals surface area contributed by atoms with Gasteiger partial charge >= 0.3 is 0 Å². The first-order chi connectivity index (χ1) is 16.7. The molecule has 3 aliphatic rings. The molecule has 3 heterocycles. The Labute approximate surface area is 208 Å². The molecule has 8 heteroatoms. The summed E-state index contributed by atoms with van der Waals surface area (Å²) in [6.07, 6.45) is 1.19. The molecule has 3 fully saturated rings. The zero-order chi connectivity index (χ0) is 25.3. The van der Waals surface area contributed by atoms with E-state index in [0.29, 0.717) is 24.1 Å². The number of ether oxygens (including phenoxy) is 1. The number of amides is 2. The number of fused-ring (bicyclic) bond motifs is 1. The molecule has 3 saturated heterocycles. The molecule has 0 aromatic heterocycles. The molecule has 0 bridgehead atoms. The van der Waals surface area contributed by atoms with Gasteiger partial charge in [0.2, 0.25) is 11.8 Å². The van der Waals surface area contributed by atoms with Gasteiger partial charge in [0.25, 0.3) is 0 Å². The van der Waals surface area contributed by atoms with Gasteiger partial charge in [-0.3, -0.25) is 14.4 Å². The third-order valence-electron chi connectivity index (χ3n) is 7.96. The van der Waals surface area contributed by atoms with Gasteiger partial charge in [-0.15, -0.1) is 0 Å². The van der Waals surface area contributed by atoms with Crippen LogP contribution in [0.2, 0.25) is 0 Å². The third-order valence-corrected chi connectivity index (χ3v) is 7.96. The van der Waals surface area contributed by atoms with Crippen LogP contribution in [0.25, 0.3) is 0 Å². The summed E-state index contributed by atoms with van der Waals surface area (Å²) in [6.45, 7) is 13.7. The molecule has 8 nitrogen and oxygen atoms in total. The van der Waals surface area contributed by atoms with Crippen LogP contribution in [-0.2, 0) is 14.3 Å². The fourth-order valence-electron chi connectivity index (χ4n) is 5.96. The Kier molecular flexibility index (Phi) is 7.81. The molecule has 1 aromatic rings. The minimum atomic E-state index is -0.543. The van der Waals surface area contributed by atoms with E-state index in [0.717, 1.165) is 44.8 Å². The quantitative estimate of drug-likeness (QED) is 0.608. The Morgan fingerprint density at radius 2 is 1.86 bits per heavy atom. The van der Waals surface area contributed by atoms with Gasteiger partial charge in [-0.1, -0.05) is 27.7 Å². The van der Waals surface area contributed by atoms with Crippen molar-refractivity contribution in [3.8, 4) is 0 Å². The van der Waals surface area contributed by atoms with E-state index in [1.165, 1.54) is 0 Å². The van der Waals surface area contributed by atoms with Gasteiger partial charge in [0, 0.05) is 49.9 Å². The van der Waals surface area contributed by atoms with Crippen LogP contribution in [0.4, 0.5) is 5.69 Å². The average Bonchev–Trinajstić information content (AvgIpc) is 3.42. The van der Waals surface area contributed by atoms with Crippen LogP contribution in [0.5, 0.6) is 0 Å². The zero-order valence-corrected chi connectivity index (χ0v) is 21.5. The van der Waals surface area contributed by atoms with Crippen LogP contribution in [0, 0.1) is 11.8 Å². The molecular weight excluding hydrogens is 444 g/mol. The molecule has 0 unspecified atom stereocenters. The van der Waals surface area contributed by atoms with Crippen molar-refractivity contribution in [3.63, 3.8) is 0 Å². The molecule has 0 aliphatic carbocycles. The fourth-order valence-corrected chi connectivity index (χ4v) is 5.96. The molecule has 1 aromatic carbocycles. The number of ketones is 1. The second-order valence-electron chi connectivity index (χ2n) is 10.6. The van der Waals surface area contributed by atoms with Crippen molar-refractivity contribution in [2.45, 2.75) is 58.6 Å². The Hall–Kier alpha value is -2.45. The van der Waals surface area contributed by atoms with E-state index >= 15 is 0 Å². The number of Topliss-reactive ketones (excluding diaryl/α,β-unsaturated/α-hetero) is 1. The van der Waals surface area contributed by atoms with Crippen molar-refractivity contribution in [2.24, 2.45) is 17.6 Å². The van der Waals surface area contributed by atoms with Gasteiger partial charge in [0.15, 0.2) is 5.78 Å². The predicted molar refractivity (Wildman–Crippen MR) is 136 cm³/mol.